The molecular weight excluding hydrogens is 320 g/mol. The third kappa shape index (κ3) is 4.48. The van der Waals surface area contributed by atoms with E-state index in [1.165, 1.54) is 11.8 Å². The first kappa shape index (κ1) is 16.8. The van der Waals surface area contributed by atoms with Crippen LogP contribution in [0.1, 0.15) is 19.8 Å². The molecule has 1 aromatic heterocycles. The lowest BCUT2D eigenvalue weighted by atomic mass is 10.2. The van der Waals surface area contributed by atoms with Crippen LogP contribution in [0, 0.1) is 0 Å². The fraction of sp³-hybridized carbons (Fsp3) is 0.400. The van der Waals surface area contributed by atoms with Crippen molar-refractivity contribution in [1.82, 2.24) is 20.1 Å². The predicted octanol–water partition coefficient (Wildman–Crippen LogP) is 3.14. The van der Waals surface area contributed by atoms with E-state index in [-0.39, 0.29) is 5.91 Å². The molecule has 1 aromatic carbocycles. The number of benzene rings is 1. The van der Waals surface area contributed by atoms with Crippen LogP contribution in [0.25, 0.3) is 11.4 Å². The van der Waals surface area contributed by atoms with Gasteiger partial charge in [0.05, 0.1) is 5.75 Å². The van der Waals surface area contributed by atoms with Gasteiger partial charge in [0.25, 0.3) is 0 Å². The number of hydrogen-bond donors (Lipinski definition) is 1. The summed E-state index contributed by atoms with van der Waals surface area (Å²) in [4.78, 5) is 11.7. The van der Waals surface area contributed by atoms with E-state index in [2.05, 4.69) is 22.4 Å². The fourth-order valence-electron chi connectivity index (χ4n) is 1.88. The first-order valence-corrected chi connectivity index (χ1v) is 8.53. The van der Waals surface area contributed by atoms with Crippen molar-refractivity contribution >= 4 is 29.3 Å². The van der Waals surface area contributed by atoms with Crippen molar-refractivity contribution < 1.29 is 4.79 Å². The number of halogens is 1. The van der Waals surface area contributed by atoms with Gasteiger partial charge in [-0.15, -0.1) is 10.2 Å². The highest BCUT2D eigenvalue weighted by molar-refractivity contribution is 7.99. The highest BCUT2D eigenvalue weighted by Gasteiger charge is 2.12. The summed E-state index contributed by atoms with van der Waals surface area (Å²) in [6.45, 7) is 2.82. The number of unbranched alkanes of at least 4 members (excludes halogenated alkanes) is 1. The molecule has 7 heteroatoms. The highest BCUT2D eigenvalue weighted by Crippen LogP contribution is 2.23. The minimum Gasteiger partial charge on any atom is -0.355 e. The second-order valence-electron chi connectivity index (χ2n) is 4.86. The van der Waals surface area contributed by atoms with Gasteiger partial charge in [-0.2, -0.15) is 0 Å². The molecule has 1 amide bonds. The Hall–Kier alpha value is -1.53. The van der Waals surface area contributed by atoms with Crippen LogP contribution in [0.3, 0.4) is 0 Å². The molecule has 22 heavy (non-hydrogen) atoms. The van der Waals surface area contributed by atoms with E-state index in [0.29, 0.717) is 10.8 Å². The van der Waals surface area contributed by atoms with E-state index in [4.69, 9.17) is 11.6 Å². The summed E-state index contributed by atoms with van der Waals surface area (Å²) in [5.41, 5.74) is 0.943. The minimum atomic E-state index is 0.0227. The van der Waals surface area contributed by atoms with Crippen LogP contribution in [0.5, 0.6) is 0 Å². The third-order valence-corrected chi connectivity index (χ3v) is 4.39. The summed E-state index contributed by atoms with van der Waals surface area (Å²) in [7, 11) is 1.89. The summed E-state index contributed by atoms with van der Waals surface area (Å²) in [5.74, 6) is 1.12. The number of thioether (sulfide) groups is 1. The standard InChI is InChI=1S/C15H19ClN4OS/c1-3-4-9-17-13(21)10-22-15-19-18-14(20(15)2)11-5-7-12(16)8-6-11/h5-8H,3-4,9-10H2,1-2H3,(H,17,21). The molecule has 0 aliphatic carbocycles. The lowest BCUT2D eigenvalue weighted by Crippen LogP contribution is -2.26. The Labute approximate surface area is 139 Å². The Kier molecular flexibility index (Phi) is 6.27. The summed E-state index contributed by atoms with van der Waals surface area (Å²) in [6, 6.07) is 7.44. The average molecular weight is 339 g/mol. The highest BCUT2D eigenvalue weighted by atomic mass is 35.5. The normalized spacial score (nSPS) is 10.7. The zero-order chi connectivity index (χ0) is 15.9. The Bertz CT molecular complexity index is 627. The largest absolute Gasteiger partial charge is 0.355 e. The van der Waals surface area contributed by atoms with Gasteiger partial charge in [-0.1, -0.05) is 36.7 Å². The SMILES string of the molecule is CCCCNC(=O)CSc1nnc(-c2ccc(Cl)cc2)n1C. The molecule has 0 spiro atoms. The first-order valence-electron chi connectivity index (χ1n) is 7.16. The smallest absolute Gasteiger partial charge is 0.230 e. The first-order chi connectivity index (χ1) is 10.6. The maximum atomic E-state index is 11.7. The van der Waals surface area contributed by atoms with Crippen LogP contribution in [0.2, 0.25) is 5.02 Å². The lowest BCUT2D eigenvalue weighted by Gasteiger charge is -2.05. The maximum Gasteiger partial charge on any atom is 0.230 e. The number of amides is 1. The van der Waals surface area contributed by atoms with Gasteiger partial charge in [-0.3, -0.25) is 4.79 Å². The van der Waals surface area contributed by atoms with E-state index < -0.39 is 0 Å². The maximum absolute atomic E-state index is 11.7. The lowest BCUT2D eigenvalue weighted by molar-refractivity contribution is -0.118. The molecule has 1 N–H and O–H groups in total. The van der Waals surface area contributed by atoms with E-state index in [9.17, 15) is 4.79 Å². The van der Waals surface area contributed by atoms with Gasteiger partial charge in [0.15, 0.2) is 11.0 Å². The molecule has 2 rings (SSSR count). The number of rotatable bonds is 7. The van der Waals surface area contributed by atoms with Crippen molar-refractivity contribution in [2.45, 2.75) is 24.9 Å². The van der Waals surface area contributed by atoms with E-state index in [1.807, 2.05) is 35.9 Å². The number of nitrogens with zero attached hydrogens (tertiary/aromatic N) is 3. The van der Waals surface area contributed by atoms with Gasteiger partial charge in [-0.25, -0.2) is 0 Å². The van der Waals surface area contributed by atoms with E-state index in [0.717, 1.165) is 35.9 Å². The molecule has 118 valence electrons. The summed E-state index contributed by atoms with van der Waals surface area (Å²) in [5, 5.41) is 12.6. The Morgan fingerprint density at radius 2 is 2.05 bits per heavy atom. The number of carbonyl (C=O) groups is 1. The quantitative estimate of drug-likeness (QED) is 0.622. The second-order valence-corrected chi connectivity index (χ2v) is 6.24. The number of carbonyl (C=O) groups excluding carboxylic acids is 1. The van der Waals surface area contributed by atoms with Crippen molar-refractivity contribution in [2.24, 2.45) is 7.05 Å². The molecule has 0 radical (unpaired) electrons. The fourth-order valence-corrected chi connectivity index (χ4v) is 2.74. The van der Waals surface area contributed by atoms with Gasteiger partial charge in [-0.05, 0) is 30.7 Å². The zero-order valence-electron chi connectivity index (χ0n) is 12.7. The molecule has 0 fully saturated rings. The van der Waals surface area contributed by atoms with Gasteiger partial charge in [0.2, 0.25) is 5.91 Å². The Morgan fingerprint density at radius 3 is 2.73 bits per heavy atom. The van der Waals surface area contributed by atoms with E-state index >= 15 is 0 Å². The van der Waals surface area contributed by atoms with Crippen LogP contribution in [-0.2, 0) is 11.8 Å². The zero-order valence-corrected chi connectivity index (χ0v) is 14.2. The molecule has 0 saturated carbocycles. The topological polar surface area (TPSA) is 59.8 Å². The average Bonchev–Trinajstić information content (AvgIpc) is 2.87. The molecule has 5 nitrogen and oxygen atoms in total. The van der Waals surface area contributed by atoms with Crippen LogP contribution in [0.15, 0.2) is 29.4 Å². The van der Waals surface area contributed by atoms with Crippen LogP contribution in [0.4, 0.5) is 0 Å². The molecule has 0 aliphatic heterocycles. The molecule has 0 bridgehead atoms. The molecule has 2 aromatic rings. The number of nitrogens with one attached hydrogen (secondary N) is 1. The van der Waals surface area contributed by atoms with Gasteiger partial charge in [0, 0.05) is 24.2 Å². The number of hydrogen-bond acceptors (Lipinski definition) is 4. The van der Waals surface area contributed by atoms with Crippen LogP contribution >= 0.6 is 23.4 Å². The van der Waals surface area contributed by atoms with E-state index in [1.54, 1.807) is 0 Å². The Morgan fingerprint density at radius 1 is 1.32 bits per heavy atom. The van der Waals surface area contributed by atoms with Crippen LogP contribution < -0.4 is 5.32 Å². The minimum absolute atomic E-state index is 0.0227. The van der Waals surface area contributed by atoms with Gasteiger partial charge < -0.3 is 9.88 Å². The van der Waals surface area contributed by atoms with Crippen molar-refractivity contribution in [3.8, 4) is 11.4 Å². The Balaban J connectivity index is 1.96. The molecule has 1 heterocycles. The molecule has 0 atom stereocenters. The molecular formula is C15H19ClN4OS. The predicted molar refractivity (Wildman–Crippen MR) is 90.1 cm³/mol. The second kappa shape index (κ2) is 8.19. The van der Waals surface area contributed by atoms with Crippen molar-refractivity contribution in [2.75, 3.05) is 12.3 Å². The third-order valence-electron chi connectivity index (χ3n) is 3.12. The van der Waals surface area contributed by atoms with Crippen LogP contribution in [-0.4, -0.2) is 33.0 Å². The summed E-state index contributed by atoms with van der Waals surface area (Å²) >= 11 is 7.27. The molecule has 0 saturated heterocycles. The van der Waals surface area contributed by atoms with Gasteiger partial charge >= 0.3 is 0 Å². The number of aromatic nitrogens is 3. The van der Waals surface area contributed by atoms with Crippen molar-refractivity contribution in [3.05, 3.63) is 29.3 Å². The van der Waals surface area contributed by atoms with Crippen molar-refractivity contribution in [3.63, 3.8) is 0 Å². The monoisotopic (exact) mass is 338 g/mol. The molecule has 0 unspecified atom stereocenters. The van der Waals surface area contributed by atoms with Crippen molar-refractivity contribution in [1.29, 1.82) is 0 Å². The summed E-state index contributed by atoms with van der Waals surface area (Å²) in [6.07, 6.45) is 2.07. The summed E-state index contributed by atoms with van der Waals surface area (Å²) < 4.78 is 1.88. The van der Waals surface area contributed by atoms with Gasteiger partial charge in [0.1, 0.15) is 0 Å². The molecule has 0 aliphatic rings.